The lowest BCUT2D eigenvalue weighted by molar-refractivity contribution is 0.103. The summed E-state index contributed by atoms with van der Waals surface area (Å²) in [4.78, 5) is 12.7. The van der Waals surface area contributed by atoms with Crippen LogP contribution in [0.5, 0.6) is 0 Å². The van der Waals surface area contributed by atoms with Crippen molar-refractivity contribution < 1.29 is 4.79 Å². The predicted octanol–water partition coefficient (Wildman–Crippen LogP) is 3.46. The minimum Gasteiger partial charge on any atom is -0.287 e. The van der Waals surface area contributed by atoms with Gasteiger partial charge in [0.05, 0.1) is 11.9 Å². The Labute approximate surface area is 127 Å². The molecular weight excluding hydrogens is 286 g/mol. The number of benzene rings is 2. The first kappa shape index (κ1) is 13.5. The maximum atomic E-state index is 12.7. The van der Waals surface area contributed by atoms with Crippen LogP contribution in [0.4, 0.5) is 0 Å². The molecule has 0 spiro atoms. The average molecular weight is 298 g/mol. The Morgan fingerprint density at radius 1 is 1.14 bits per heavy atom. The van der Waals surface area contributed by atoms with Gasteiger partial charge in [-0.05, 0) is 42.8 Å². The van der Waals surface area contributed by atoms with E-state index < -0.39 is 0 Å². The van der Waals surface area contributed by atoms with Gasteiger partial charge in [-0.1, -0.05) is 35.0 Å². The summed E-state index contributed by atoms with van der Waals surface area (Å²) in [7, 11) is 0. The number of para-hydroxylation sites is 1. The van der Waals surface area contributed by atoms with E-state index in [0.717, 1.165) is 11.3 Å². The van der Waals surface area contributed by atoms with E-state index in [1.54, 1.807) is 18.2 Å². The molecule has 0 N–H and O–H groups in total. The van der Waals surface area contributed by atoms with E-state index in [0.29, 0.717) is 16.3 Å². The fraction of sp³-hybridized carbons (Fsp3) is 0.0625. The van der Waals surface area contributed by atoms with Crippen molar-refractivity contribution in [3.63, 3.8) is 0 Å². The van der Waals surface area contributed by atoms with Crippen molar-refractivity contribution in [3.05, 3.63) is 76.6 Å². The van der Waals surface area contributed by atoms with Gasteiger partial charge < -0.3 is 0 Å². The summed E-state index contributed by atoms with van der Waals surface area (Å²) in [5, 5.41) is 8.47. The molecule has 0 saturated heterocycles. The van der Waals surface area contributed by atoms with Crippen LogP contribution in [0, 0.1) is 6.92 Å². The van der Waals surface area contributed by atoms with Crippen molar-refractivity contribution in [2.45, 2.75) is 6.92 Å². The highest BCUT2D eigenvalue weighted by molar-refractivity contribution is 6.30. The Bertz CT molecular complexity index is 796. The molecule has 2 aromatic carbocycles. The molecule has 0 fully saturated rings. The third-order valence-corrected chi connectivity index (χ3v) is 3.45. The Morgan fingerprint density at radius 2 is 1.90 bits per heavy atom. The Morgan fingerprint density at radius 3 is 2.62 bits per heavy atom. The molecule has 0 unspecified atom stereocenters. The first-order valence-corrected chi connectivity index (χ1v) is 6.81. The van der Waals surface area contributed by atoms with E-state index in [1.807, 2.05) is 37.3 Å². The highest BCUT2D eigenvalue weighted by Crippen LogP contribution is 2.19. The second-order valence-electron chi connectivity index (χ2n) is 4.65. The molecular formula is C16H12ClN3O. The largest absolute Gasteiger partial charge is 0.287 e. The molecule has 0 aliphatic carbocycles. The van der Waals surface area contributed by atoms with Crippen molar-refractivity contribution in [2.75, 3.05) is 0 Å². The number of halogens is 1. The highest BCUT2D eigenvalue weighted by Gasteiger charge is 2.18. The lowest BCUT2D eigenvalue weighted by atomic mass is 10.0. The van der Waals surface area contributed by atoms with E-state index in [9.17, 15) is 4.79 Å². The quantitative estimate of drug-likeness (QED) is 0.696. The number of rotatable bonds is 3. The molecule has 0 bridgehead atoms. The van der Waals surface area contributed by atoms with Crippen molar-refractivity contribution in [1.29, 1.82) is 0 Å². The van der Waals surface area contributed by atoms with Crippen LogP contribution in [-0.2, 0) is 0 Å². The molecule has 1 aromatic heterocycles. The Kier molecular flexibility index (Phi) is 3.54. The lowest BCUT2D eigenvalue weighted by Gasteiger charge is -2.07. The highest BCUT2D eigenvalue weighted by atomic mass is 35.5. The van der Waals surface area contributed by atoms with Crippen molar-refractivity contribution >= 4 is 17.4 Å². The number of carbonyl (C=O) groups is 1. The smallest absolute Gasteiger partial charge is 0.213 e. The summed E-state index contributed by atoms with van der Waals surface area (Å²) in [5.74, 6) is -0.127. The zero-order valence-electron chi connectivity index (χ0n) is 11.3. The van der Waals surface area contributed by atoms with Crippen LogP contribution < -0.4 is 0 Å². The molecule has 104 valence electrons. The van der Waals surface area contributed by atoms with Gasteiger partial charge in [0.25, 0.3) is 0 Å². The summed E-state index contributed by atoms with van der Waals surface area (Å²) in [5.41, 5.74) is 2.64. The first-order chi connectivity index (χ1) is 10.2. The number of aromatic nitrogens is 3. The van der Waals surface area contributed by atoms with E-state index in [2.05, 4.69) is 10.3 Å². The van der Waals surface area contributed by atoms with Gasteiger partial charge in [-0.3, -0.25) is 4.79 Å². The van der Waals surface area contributed by atoms with Gasteiger partial charge in [0.2, 0.25) is 5.78 Å². The number of nitrogens with zero attached hydrogens (tertiary/aromatic N) is 3. The molecule has 3 aromatic rings. The number of hydrogen-bond acceptors (Lipinski definition) is 3. The Hall–Kier alpha value is -2.46. The van der Waals surface area contributed by atoms with Gasteiger partial charge in [0.1, 0.15) is 5.69 Å². The van der Waals surface area contributed by atoms with Crippen LogP contribution in [0.25, 0.3) is 5.69 Å². The zero-order valence-corrected chi connectivity index (χ0v) is 12.1. The van der Waals surface area contributed by atoms with E-state index in [4.69, 9.17) is 11.6 Å². The molecule has 21 heavy (non-hydrogen) atoms. The van der Waals surface area contributed by atoms with Gasteiger partial charge in [-0.15, -0.1) is 5.10 Å². The number of ketones is 1. The van der Waals surface area contributed by atoms with Crippen molar-refractivity contribution in [3.8, 4) is 5.69 Å². The molecule has 3 rings (SSSR count). The standard InChI is InChI=1S/C16H12ClN3O/c1-11-9-12(17)7-8-14(11)16(21)15-10-18-19-20(15)13-5-3-2-4-6-13/h2-10H,1H3. The lowest BCUT2D eigenvalue weighted by Crippen LogP contribution is -2.11. The molecule has 0 aliphatic rings. The zero-order chi connectivity index (χ0) is 14.8. The third kappa shape index (κ3) is 2.58. The predicted molar refractivity (Wildman–Crippen MR) is 81.0 cm³/mol. The van der Waals surface area contributed by atoms with Crippen LogP contribution in [0.2, 0.25) is 5.02 Å². The fourth-order valence-corrected chi connectivity index (χ4v) is 2.40. The fourth-order valence-electron chi connectivity index (χ4n) is 2.17. The van der Waals surface area contributed by atoms with Crippen LogP contribution in [0.1, 0.15) is 21.6 Å². The van der Waals surface area contributed by atoms with Crippen LogP contribution in [-0.4, -0.2) is 20.8 Å². The average Bonchev–Trinajstić information content (AvgIpc) is 2.97. The summed E-state index contributed by atoms with van der Waals surface area (Å²) in [6, 6.07) is 14.6. The minimum absolute atomic E-state index is 0.127. The van der Waals surface area contributed by atoms with Crippen LogP contribution in [0.15, 0.2) is 54.7 Å². The summed E-state index contributed by atoms with van der Waals surface area (Å²) in [6.45, 7) is 1.86. The number of hydrogen-bond donors (Lipinski definition) is 0. The number of aryl methyl sites for hydroxylation is 1. The third-order valence-electron chi connectivity index (χ3n) is 3.22. The Balaban J connectivity index is 2.06. The molecule has 1 heterocycles. The van der Waals surface area contributed by atoms with Gasteiger partial charge in [0, 0.05) is 10.6 Å². The molecule has 0 aliphatic heterocycles. The molecule has 5 heteroatoms. The molecule has 0 atom stereocenters. The van der Waals surface area contributed by atoms with E-state index in [1.165, 1.54) is 10.9 Å². The molecule has 0 saturated carbocycles. The summed E-state index contributed by atoms with van der Waals surface area (Å²) < 4.78 is 1.54. The van der Waals surface area contributed by atoms with Crippen molar-refractivity contribution in [1.82, 2.24) is 15.0 Å². The van der Waals surface area contributed by atoms with Gasteiger partial charge >= 0.3 is 0 Å². The summed E-state index contributed by atoms with van der Waals surface area (Å²) >= 11 is 5.93. The minimum atomic E-state index is -0.127. The molecule has 0 radical (unpaired) electrons. The van der Waals surface area contributed by atoms with E-state index in [-0.39, 0.29) is 5.78 Å². The van der Waals surface area contributed by atoms with Gasteiger partial charge in [-0.25, -0.2) is 4.68 Å². The number of carbonyl (C=O) groups excluding carboxylic acids is 1. The normalized spacial score (nSPS) is 10.6. The molecule has 0 amide bonds. The molecule has 4 nitrogen and oxygen atoms in total. The first-order valence-electron chi connectivity index (χ1n) is 6.44. The maximum absolute atomic E-state index is 12.7. The van der Waals surface area contributed by atoms with Crippen LogP contribution >= 0.6 is 11.6 Å². The van der Waals surface area contributed by atoms with Crippen molar-refractivity contribution in [2.24, 2.45) is 0 Å². The van der Waals surface area contributed by atoms with E-state index >= 15 is 0 Å². The SMILES string of the molecule is Cc1cc(Cl)ccc1C(=O)c1cnnn1-c1ccccc1. The topological polar surface area (TPSA) is 47.8 Å². The van der Waals surface area contributed by atoms with Gasteiger partial charge in [0.15, 0.2) is 0 Å². The van der Waals surface area contributed by atoms with Gasteiger partial charge in [-0.2, -0.15) is 0 Å². The van der Waals surface area contributed by atoms with Crippen LogP contribution in [0.3, 0.4) is 0 Å². The second kappa shape index (κ2) is 5.50. The monoisotopic (exact) mass is 297 g/mol. The maximum Gasteiger partial charge on any atom is 0.213 e. The second-order valence-corrected chi connectivity index (χ2v) is 5.09. The summed E-state index contributed by atoms with van der Waals surface area (Å²) in [6.07, 6.45) is 1.48.